The molecule has 0 spiro atoms. The average Bonchev–Trinajstić information content (AvgIpc) is 3.15. The number of nitrogens with zero attached hydrogens (tertiary/aromatic N) is 6. The standard InChI is InChI=1S/C13H21N7O2/c1-18(2)12-16-11(22-17-12)9-15-13(21)19(3)6-4-7-20-8-5-14-10-20/h5,8,10H,4,6-7,9H2,1-3H3,(H,15,21). The van der Waals surface area contributed by atoms with E-state index in [1.807, 2.05) is 24.9 Å². The summed E-state index contributed by atoms with van der Waals surface area (Å²) in [6, 6.07) is -0.171. The van der Waals surface area contributed by atoms with Gasteiger partial charge in [-0.15, -0.1) is 0 Å². The molecule has 2 rings (SSSR count). The van der Waals surface area contributed by atoms with Gasteiger partial charge in [0, 0.05) is 46.6 Å². The Balaban J connectivity index is 1.69. The number of carbonyl (C=O) groups excluding carboxylic acids is 1. The Morgan fingerprint density at radius 1 is 1.41 bits per heavy atom. The Kier molecular flexibility index (Phi) is 5.34. The molecule has 2 aromatic heterocycles. The molecular weight excluding hydrogens is 286 g/mol. The minimum Gasteiger partial charge on any atom is -0.344 e. The third-order valence-corrected chi connectivity index (χ3v) is 3.06. The van der Waals surface area contributed by atoms with Crippen molar-refractivity contribution in [3.8, 4) is 0 Å². The maximum atomic E-state index is 11.9. The molecule has 0 aliphatic heterocycles. The first-order valence-electron chi connectivity index (χ1n) is 7.01. The van der Waals surface area contributed by atoms with Crippen LogP contribution >= 0.6 is 0 Å². The van der Waals surface area contributed by atoms with Crippen LogP contribution in [0.3, 0.4) is 0 Å². The van der Waals surface area contributed by atoms with Crippen LogP contribution in [0.4, 0.5) is 10.7 Å². The van der Waals surface area contributed by atoms with Gasteiger partial charge in [-0.05, 0) is 11.6 Å². The topological polar surface area (TPSA) is 92.3 Å². The Morgan fingerprint density at radius 2 is 2.23 bits per heavy atom. The molecule has 9 nitrogen and oxygen atoms in total. The maximum Gasteiger partial charge on any atom is 0.317 e. The molecule has 120 valence electrons. The van der Waals surface area contributed by atoms with Gasteiger partial charge >= 0.3 is 6.03 Å². The van der Waals surface area contributed by atoms with Crippen molar-refractivity contribution in [1.29, 1.82) is 0 Å². The van der Waals surface area contributed by atoms with E-state index in [1.54, 1.807) is 29.4 Å². The Morgan fingerprint density at radius 3 is 2.86 bits per heavy atom. The number of carbonyl (C=O) groups is 1. The summed E-state index contributed by atoms with van der Waals surface area (Å²) in [5.74, 6) is 0.863. The predicted octanol–water partition coefficient (Wildman–Crippen LogP) is 0.564. The lowest BCUT2D eigenvalue weighted by molar-refractivity contribution is 0.205. The zero-order valence-corrected chi connectivity index (χ0v) is 13.1. The van der Waals surface area contributed by atoms with Crippen LogP contribution < -0.4 is 10.2 Å². The van der Waals surface area contributed by atoms with Crippen molar-refractivity contribution in [2.45, 2.75) is 19.5 Å². The molecule has 0 atom stereocenters. The number of nitrogens with one attached hydrogen (secondary N) is 1. The summed E-state index contributed by atoms with van der Waals surface area (Å²) in [6.07, 6.45) is 6.25. The lowest BCUT2D eigenvalue weighted by atomic mass is 10.4. The number of hydrogen-bond donors (Lipinski definition) is 1. The Hall–Kier alpha value is -2.58. The summed E-state index contributed by atoms with van der Waals surface area (Å²) < 4.78 is 7.02. The van der Waals surface area contributed by atoms with E-state index >= 15 is 0 Å². The second-order valence-electron chi connectivity index (χ2n) is 5.12. The van der Waals surface area contributed by atoms with Crippen LogP contribution in [0.15, 0.2) is 23.2 Å². The third-order valence-electron chi connectivity index (χ3n) is 3.06. The lowest BCUT2D eigenvalue weighted by Crippen LogP contribution is -2.37. The highest BCUT2D eigenvalue weighted by Gasteiger charge is 2.11. The fourth-order valence-corrected chi connectivity index (χ4v) is 1.80. The highest BCUT2D eigenvalue weighted by Crippen LogP contribution is 2.04. The van der Waals surface area contributed by atoms with Crippen molar-refractivity contribution >= 4 is 12.0 Å². The van der Waals surface area contributed by atoms with E-state index in [4.69, 9.17) is 4.52 Å². The molecule has 22 heavy (non-hydrogen) atoms. The number of imidazole rings is 1. The first kappa shape index (κ1) is 15.8. The summed E-state index contributed by atoms with van der Waals surface area (Å²) in [7, 11) is 5.39. The Labute approximate surface area is 128 Å². The molecule has 0 fully saturated rings. The minimum absolute atomic E-state index is 0.171. The molecule has 2 aromatic rings. The van der Waals surface area contributed by atoms with E-state index in [-0.39, 0.29) is 12.6 Å². The first-order valence-corrected chi connectivity index (χ1v) is 7.01. The molecule has 9 heteroatoms. The molecule has 0 aliphatic rings. The molecule has 0 saturated heterocycles. The van der Waals surface area contributed by atoms with E-state index in [0.717, 1.165) is 13.0 Å². The number of anilines is 1. The number of aryl methyl sites for hydroxylation is 1. The van der Waals surface area contributed by atoms with Crippen molar-refractivity contribution in [2.24, 2.45) is 0 Å². The van der Waals surface area contributed by atoms with Gasteiger partial charge in [-0.2, -0.15) is 4.98 Å². The zero-order chi connectivity index (χ0) is 15.9. The summed E-state index contributed by atoms with van der Waals surface area (Å²) >= 11 is 0. The smallest absolute Gasteiger partial charge is 0.317 e. The third kappa shape index (κ3) is 4.47. The Bertz CT molecular complexity index is 579. The molecule has 0 bridgehead atoms. The van der Waals surface area contributed by atoms with Crippen molar-refractivity contribution in [2.75, 3.05) is 32.6 Å². The molecular formula is C13H21N7O2. The van der Waals surface area contributed by atoms with Gasteiger partial charge < -0.3 is 24.2 Å². The van der Waals surface area contributed by atoms with Gasteiger partial charge in [-0.3, -0.25) is 0 Å². The maximum absolute atomic E-state index is 11.9. The normalized spacial score (nSPS) is 10.5. The van der Waals surface area contributed by atoms with Gasteiger partial charge in [0.05, 0.1) is 12.9 Å². The van der Waals surface area contributed by atoms with Crippen LogP contribution in [0, 0.1) is 0 Å². The van der Waals surface area contributed by atoms with Gasteiger partial charge in [0.2, 0.25) is 5.89 Å². The van der Waals surface area contributed by atoms with Crippen LogP contribution in [0.1, 0.15) is 12.3 Å². The van der Waals surface area contributed by atoms with Gasteiger partial charge in [-0.1, -0.05) is 0 Å². The minimum atomic E-state index is -0.171. The van der Waals surface area contributed by atoms with Crippen LogP contribution in [0.25, 0.3) is 0 Å². The predicted molar refractivity (Wildman–Crippen MR) is 80.3 cm³/mol. The molecule has 0 aliphatic carbocycles. The number of urea groups is 1. The van der Waals surface area contributed by atoms with Gasteiger partial charge in [-0.25, -0.2) is 9.78 Å². The monoisotopic (exact) mass is 307 g/mol. The molecule has 1 N–H and O–H groups in total. The van der Waals surface area contributed by atoms with Crippen LogP contribution in [0.2, 0.25) is 0 Å². The average molecular weight is 307 g/mol. The van der Waals surface area contributed by atoms with Gasteiger partial charge in [0.1, 0.15) is 0 Å². The van der Waals surface area contributed by atoms with Crippen LogP contribution in [0.5, 0.6) is 0 Å². The van der Waals surface area contributed by atoms with Gasteiger partial charge in [0.15, 0.2) is 0 Å². The molecule has 2 amide bonds. The first-order chi connectivity index (χ1) is 10.6. The summed E-state index contributed by atoms with van der Waals surface area (Å²) in [5.41, 5.74) is 0. The van der Waals surface area contributed by atoms with Crippen molar-refractivity contribution < 1.29 is 9.32 Å². The second-order valence-corrected chi connectivity index (χ2v) is 5.12. The van der Waals surface area contributed by atoms with E-state index in [2.05, 4.69) is 20.4 Å². The molecule has 0 radical (unpaired) electrons. The molecule has 0 unspecified atom stereocenters. The van der Waals surface area contributed by atoms with E-state index in [9.17, 15) is 4.79 Å². The summed E-state index contributed by atoms with van der Waals surface area (Å²) in [6.45, 7) is 1.69. The van der Waals surface area contributed by atoms with E-state index in [1.165, 1.54) is 0 Å². The van der Waals surface area contributed by atoms with Crippen molar-refractivity contribution in [1.82, 2.24) is 29.9 Å². The fraction of sp³-hybridized carbons (Fsp3) is 0.538. The number of amides is 2. The second kappa shape index (κ2) is 7.43. The van der Waals surface area contributed by atoms with Crippen molar-refractivity contribution in [3.05, 3.63) is 24.6 Å². The molecule has 0 saturated carbocycles. The van der Waals surface area contributed by atoms with Gasteiger partial charge in [0.25, 0.3) is 5.95 Å². The van der Waals surface area contributed by atoms with Crippen molar-refractivity contribution in [3.63, 3.8) is 0 Å². The zero-order valence-electron chi connectivity index (χ0n) is 13.1. The summed E-state index contributed by atoms with van der Waals surface area (Å²) in [5, 5.41) is 6.53. The quantitative estimate of drug-likeness (QED) is 0.803. The number of rotatable bonds is 7. The van der Waals surface area contributed by atoms with Crippen LogP contribution in [-0.4, -0.2) is 58.3 Å². The summed E-state index contributed by atoms with van der Waals surface area (Å²) in [4.78, 5) is 23.4. The lowest BCUT2D eigenvalue weighted by Gasteiger charge is -2.17. The number of hydrogen-bond acceptors (Lipinski definition) is 6. The van der Waals surface area contributed by atoms with E-state index < -0.39 is 0 Å². The number of aromatic nitrogens is 4. The highest BCUT2D eigenvalue weighted by atomic mass is 16.5. The van der Waals surface area contributed by atoms with E-state index in [0.29, 0.717) is 18.4 Å². The highest BCUT2D eigenvalue weighted by molar-refractivity contribution is 5.73. The SMILES string of the molecule is CN(CCCn1ccnc1)C(=O)NCc1nc(N(C)C)no1. The fourth-order valence-electron chi connectivity index (χ4n) is 1.80. The van der Waals surface area contributed by atoms with Crippen LogP contribution in [-0.2, 0) is 13.1 Å². The molecule has 0 aromatic carbocycles. The largest absolute Gasteiger partial charge is 0.344 e. The molecule has 2 heterocycles.